The van der Waals surface area contributed by atoms with E-state index in [0.717, 1.165) is 16.5 Å². The number of nitrogens with zero attached hydrogens (tertiary/aromatic N) is 1. The van der Waals surface area contributed by atoms with Gasteiger partial charge in [0.2, 0.25) is 0 Å². The summed E-state index contributed by atoms with van der Waals surface area (Å²) in [6.45, 7) is 5.49. The predicted octanol–water partition coefficient (Wildman–Crippen LogP) is 2.45. The lowest BCUT2D eigenvalue weighted by Crippen LogP contribution is -2.38. The lowest BCUT2D eigenvalue weighted by atomic mass is 10.0. The Labute approximate surface area is 119 Å². The number of hydrogen-bond donors (Lipinski definition) is 1. The predicted molar refractivity (Wildman–Crippen MR) is 79.3 cm³/mol. The van der Waals surface area contributed by atoms with Gasteiger partial charge in [0.15, 0.2) is 0 Å². The highest BCUT2D eigenvalue weighted by Gasteiger charge is 2.22. The first-order chi connectivity index (χ1) is 9.37. The Morgan fingerprint density at radius 3 is 2.70 bits per heavy atom. The van der Waals surface area contributed by atoms with E-state index >= 15 is 0 Å². The van der Waals surface area contributed by atoms with Crippen LogP contribution in [0.1, 0.15) is 26.3 Å². The minimum absolute atomic E-state index is 0.384. The van der Waals surface area contributed by atoms with Gasteiger partial charge in [-0.25, -0.2) is 0 Å². The summed E-state index contributed by atoms with van der Waals surface area (Å²) in [5.41, 5.74) is 7.27. The summed E-state index contributed by atoms with van der Waals surface area (Å²) in [6, 6.07) is 9.08. The summed E-state index contributed by atoms with van der Waals surface area (Å²) in [7, 11) is 0. The van der Waals surface area contributed by atoms with Crippen molar-refractivity contribution in [1.29, 1.82) is 0 Å². The Morgan fingerprint density at radius 2 is 2.00 bits per heavy atom. The highest BCUT2D eigenvalue weighted by molar-refractivity contribution is 5.83. The number of rotatable bonds is 3. The summed E-state index contributed by atoms with van der Waals surface area (Å²) in [5, 5.41) is 1.04. The van der Waals surface area contributed by atoms with Gasteiger partial charge in [0.25, 0.3) is 0 Å². The van der Waals surface area contributed by atoms with Crippen LogP contribution in [0.5, 0.6) is 0 Å². The summed E-state index contributed by atoms with van der Waals surface area (Å²) < 4.78 is 5.30. The third-order valence-corrected chi connectivity index (χ3v) is 2.87. The first-order valence-corrected chi connectivity index (χ1v) is 6.68. The molecule has 4 heteroatoms. The molecular formula is C16H20N2O2. The van der Waals surface area contributed by atoms with Gasteiger partial charge in [0.1, 0.15) is 11.6 Å². The average molecular weight is 272 g/mol. The van der Waals surface area contributed by atoms with E-state index in [0.29, 0.717) is 6.42 Å². The van der Waals surface area contributed by atoms with Crippen LogP contribution >= 0.6 is 0 Å². The third-order valence-electron chi connectivity index (χ3n) is 2.87. The summed E-state index contributed by atoms with van der Waals surface area (Å²) in [6.07, 6.45) is 2.16. The monoisotopic (exact) mass is 272 g/mol. The second-order valence-electron chi connectivity index (χ2n) is 5.84. The fraction of sp³-hybridized carbons (Fsp3) is 0.375. The first-order valence-electron chi connectivity index (χ1n) is 6.68. The van der Waals surface area contributed by atoms with Gasteiger partial charge >= 0.3 is 5.97 Å². The number of pyridine rings is 1. The van der Waals surface area contributed by atoms with Crippen LogP contribution in [0.2, 0.25) is 0 Å². The van der Waals surface area contributed by atoms with Gasteiger partial charge in [0, 0.05) is 18.0 Å². The van der Waals surface area contributed by atoms with Gasteiger partial charge in [-0.3, -0.25) is 9.78 Å². The molecule has 2 N–H and O–H groups in total. The zero-order valence-corrected chi connectivity index (χ0v) is 12.1. The lowest BCUT2D eigenvalue weighted by Gasteiger charge is -2.22. The van der Waals surface area contributed by atoms with Gasteiger partial charge in [-0.1, -0.05) is 24.3 Å². The van der Waals surface area contributed by atoms with Crippen LogP contribution in [0.4, 0.5) is 0 Å². The molecule has 0 bridgehead atoms. The van der Waals surface area contributed by atoms with Crippen molar-refractivity contribution in [1.82, 2.24) is 4.98 Å². The first kappa shape index (κ1) is 14.5. The van der Waals surface area contributed by atoms with Crippen LogP contribution in [0.25, 0.3) is 10.9 Å². The van der Waals surface area contributed by atoms with Gasteiger partial charge in [-0.2, -0.15) is 0 Å². The van der Waals surface area contributed by atoms with E-state index in [1.807, 2.05) is 51.1 Å². The SMILES string of the molecule is CC(C)(C)OC(=O)C(N)Cc1cccc2cccnc12. The molecule has 2 rings (SSSR count). The topological polar surface area (TPSA) is 65.2 Å². The number of aromatic nitrogens is 1. The molecule has 4 nitrogen and oxygen atoms in total. The molecule has 0 aliphatic carbocycles. The number of benzene rings is 1. The normalized spacial score (nSPS) is 13.2. The fourth-order valence-electron chi connectivity index (χ4n) is 2.03. The summed E-state index contributed by atoms with van der Waals surface area (Å²) >= 11 is 0. The summed E-state index contributed by atoms with van der Waals surface area (Å²) in [5.74, 6) is -0.384. The molecule has 1 aromatic carbocycles. The van der Waals surface area contributed by atoms with Gasteiger partial charge < -0.3 is 10.5 Å². The van der Waals surface area contributed by atoms with E-state index in [-0.39, 0.29) is 5.97 Å². The van der Waals surface area contributed by atoms with E-state index in [9.17, 15) is 4.79 Å². The standard InChI is InChI=1S/C16H20N2O2/c1-16(2,3)20-15(19)13(17)10-12-7-4-6-11-8-5-9-18-14(11)12/h4-9,13H,10,17H2,1-3H3. The molecule has 106 valence electrons. The number of hydrogen-bond acceptors (Lipinski definition) is 4. The van der Waals surface area contributed by atoms with Gasteiger partial charge in [-0.15, -0.1) is 0 Å². The molecule has 1 atom stereocenters. The van der Waals surface area contributed by atoms with E-state index in [1.165, 1.54) is 0 Å². The minimum atomic E-state index is -0.679. The molecule has 0 radical (unpaired) electrons. The average Bonchev–Trinajstić information content (AvgIpc) is 2.37. The molecular weight excluding hydrogens is 252 g/mol. The number of carbonyl (C=O) groups is 1. The number of nitrogens with two attached hydrogens (primary N) is 1. The molecule has 0 aliphatic rings. The number of fused-ring (bicyclic) bond motifs is 1. The largest absolute Gasteiger partial charge is 0.459 e. The third kappa shape index (κ3) is 3.54. The number of ether oxygens (including phenoxy) is 1. The molecule has 1 heterocycles. The zero-order chi connectivity index (χ0) is 14.8. The highest BCUT2D eigenvalue weighted by Crippen LogP contribution is 2.18. The van der Waals surface area contributed by atoms with Gasteiger partial charge in [0.05, 0.1) is 5.52 Å². The fourth-order valence-corrected chi connectivity index (χ4v) is 2.03. The Hall–Kier alpha value is -1.94. The van der Waals surface area contributed by atoms with Crippen LogP contribution < -0.4 is 5.73 Å². The summed E-state index contributed by atoms with van der Waals surface area (Å²) in [4.78, 5) is 16.3. The maximum absolute atomic E-state index is 11.9. The Balaban J connectivity index is 2.18. The molecule has 0 saturated carbocycles. The van der Waals surface area contributed by atoms with E-state index in [4.69, 9.17) is 10.5 Å². The molecule has 0 spiro atoms. The molecule has 0 fully saturated rings. The molecule has 0 saturated heterocycles. The minimum Gasteiger partial charge on any atom is -0.459 e. The highest BCUT2D eigenvalue weighted by atomic mass is 16.6. The van der Waals surface area contributed by atoms with Crippen molar-refractivity contribution in [3.8, 4) is 0 Å². The second kappa shape index (κ2) is 5.59. The molecule has 0 aliphatic heterocycles. The second-order valence-corrected chi connectivity index (χ2v) is 5.84. The van der Waals surface area contributed by atoms with Crippen LogP contribution in [0.15, 0.2) is 36.5 Å². The van der Waals surface area contributed by atoms with E-state index in [2.05, 4.69) is 4.98 Å². The zero-order valence-electron chi connectivity index (χ0n) is 12.1. The molecule has 2 aromatic rings. The Morgan fingerprint density at radius 1 is 1.30 bits per heavy atom. The van der Waals surface area contributed by atoms with Crippen molar-refractivity contribution in [3.05, 3.63) is 42.1 Å². The quantitative estimate of drug-likeness (QED) is 0.872. The van der Waals surface area contributed by atoms with Crippen LogP contribution in [0, 0.1) is 0 Å². The molecule has 1 aromatic heterocycles. The Bertz CT molecular complexity index is 612. The maximum atomic E-state index is 11.9. The molecule has 20 heavy (non-hydrogen) atoms. The molecule has 1 unspecified atom stereocenters. The van der Waals surface area contributed by atoms with Crippen LogP contribution in [0.3, 0.4) is 0 Å². The van der Waals surface area contributed by atoms with Crippen molar-refractivity contribution < 1.29 is 9.53 Å². The van der Waals surface area contributed by atoms with Crippen LogP contribution in [-0.4, -0.2) is 22.6 Å². The maximum Gasteiger partial charge on any atom is 0.323 e. The van der Waals surface area contributed by atoms with Gasteiger partial charge in [-0.05, 0) is 32.4 Å². The van der Waals surface area contributed by atoms with Crippen molar-refractivity contribution in [2.75, 3.05) is 0 Å². The van der Waals surface area contributed by atoms with Crippen molar-refractivity contribution >= 4 is 16.9 Å². The number of esters is 1. The Kier molecular flexibility index (Phi) is 4.04. The van der Waals surface area contributed by atoms with E-state index in [1.54, 1.807) is 6.20 Å². The van der Waals surface area contributed by atoms with Crippen molar-refractivity contribution in [3.63, 3.8) is 0 Å². The smallest absolute Gasteiger partial charge is 0.323 e. The van der Waals surface area contributed by atoms with Crippen molar-refractivity contribution in [2.24, 2.45) is 5.73 Å². The van der Waals surface area contributed by atoms with Crippen LogP contribution in [-0.2, 0) is 16.0 Å². The number of carbonyl (C=O) groups excluding carboxylic acids is 1. The van der Waals surface area contributed by atoms with Crippen molar-refractivity contribution in [2.45, 2.75) is 38.8 Å². The lowest BCUT2D eigenvalue weighted by molar-refractivity contribution is -0.156. The number of para-hydroxylation sites is 1. The molecule has 0 amide bonds. The van der Waals surface area contributed by atoms with E-state index < -0.39 is 11.6 Å².